The van der Waals surface area contributed by atoms with Crippen LogP contribution in [0.2, 0.25) is 0 Å². The molecule has 0 unspecified atom stereocenters. The Labute approximate surface area is 120 Å². The molecule has 108 valence electrons. The smallest absolute Gasteiger partial charge is 0.327 e. The van der Waals surface area contributed by atoms with Crippen molar-refractivity contribution in [2.24, 2.45) is 0 Å². The fourth-order valence-electron chi connectivity index (χ4n) is 1.81. The first-order valence-electron chi connectivity index (χ1n) is 5.68. The second kappa shape index (κ2) is 6.38. The fraction of sp³-hybridized carbons (Fsp3) is 0.333. The molecule has 0 spiro atoms. The molecule has 1 N–H and O–H groups in total. The van der Waals surface area contributed by atoms with E-state index in [1.807, 2.05) is 0 Å². The number of anilines is 1. The molecule has 1 aromatic rings. The maximum Gasteiger partial charge on any atom is 0.327 e. The van der Waals surface area contributed by atoms with E-state index >= 15 is 0 Å². The summed E-state index contributed by atoms with van der Waals surface area (Å²) >= 11 is 3.91. The van der Waals surface area contributed by atoms with E-state index in [2.05, 4.69) is 12.6 Å². The first kappa shape index (κ1) is 16.0. The van der Waals surface area contributed by atoms with Crippen molar-refractivity contribution in [1.82, 2.24) is 0 Å². The average molecular weight is 298 g/mol. The van der Waals surface area contributed by atoms with Crippen molar-refractivity contribution >= 4 is 35.9 Å². The van der Waals surface area contributed by atoms with E-state index in [0.29, 0.717) is 5.56 Å². The van der Waals surface area contributed by atoms with Crippen LogP contribution in [0.3, 0.4) is 0 Å². The van der Waals surface area contributed by atoms with Crippen LogP contribution in [0.4, 0.5) is 11.4 Å². The number of carboxylic acids is 1. The van der Waals surface area contributed by atoms with Crippen LogP contribution in [0, 0.1) is 17.0 Å². The van der Waals surface area contributed by atoms with Gasteiger partial charge in [0, 0.05) is 18.7 Å². The lowest BCUT2D eigenvalue weighted by Gasteiger charge is -2.26. The van der Waals surface area contributed by atoms with Crippen LogP contribution in [0.25, 0.3) is 0 Å². The van der Waals surface area contributed by atoms with Crippen molar-refractivity contribution in [3.8, 4) is 0 Å². The molecule has 0 saturated heterocycles. The van der Waals surface area contributed by atoms with Gasteiger partial charge in [-0.25, -0.2) is 4.79 Å². The summed E-state index contributed by atoms with van der Waals surface area (Å²) in [4.78, 5) is 34.2. The quantitative estimate of drug-likeness (QED) is 0.489. The number of rotatable bonds is 5. The van der Waals surface area contributed by atoms with Gasteiger partial charge in [0.05, 0.1) is 4.92 Å². The highest BCUT2D eigenvalue weighted by Gasteiger charge is 2.32. The highest BCUT2D eigenvalue weighted by Crippen LogP contribution is 2.31. The van der Waals surface area contributed by atoms with Gasteiger partial charge >= 0.3 is 5.97 Å². The first-order chi connectivity index (χ1) is 9.29. The summed E-state index contributed by atoms with van der Waals surface area (Å²) in [5.41, 5.74) is 0.322. The number of carbonyl (C=O) groups is 2. The Kier molecular flexibility index (Phi) is 5.09. The largest absolute Gasteiger partial charge is 0.480 e. The number of carboxylic acid groups (broad SMARTS) is 1. The van der Waals surface area contributed by atoms with Gasteiger partial charge in [0.15, 0.2) is 0 Å². The molecule has 0 aromatic heterocycles. The van der Waals surface area contributed by atoms with Crippen LogP contribution in [0.15, 0.2) is 18.2 Å². The van der Waals surface area contributed by atoms with Crippen molar-refractivity contribution in [1.29, 1.82) is 0 Å². The molecule has 0 saturated carbocycles. The Morgan fingerprint density at radius 3 is 2.50 bits per heavy atom. The summed E-state index contributed by atoms with van der Waals surface area (Å²) in [6.45, 7) is 2.85. The van der Waals surface area contributed by atoms with Crippen LogP contribution in [-0.4, -0.2) is 33.7 Å². The minimum absolute atomic E-state index is 0.0380. The van der Waals surface area contributed by atoms with Crippen LogP contribution in [-0.2, 0) is 9.59 Å². The zero-order chi connectivity index (χ0) is 15.4. The van der Waals surface area contributed by atoms with Crippen molar-refractivity contribution in [2.45, 2.75) is 19.9 Å². The molecule has 7 nitrogen and oxygen atoms in total. The van der Waals surface area contributed by atoms with E-state index in [1.54, 1.807) is 6.92 Å². The van der Waals surface area contributed by atoms with Gasteiger partial charge in [0.1, 0.15) is 11.7 Å². The topological polar surface area (TPSA) is 101 Å². The van der Waals surface area contributed by atoms with E-state index in [4.69, 9.17) is 5.11 Å². The van der Waals surface area contributed by atoms with Gasteiger partial charge in [-0.2, -0.15) is 12.6 Å². The molecule has 0 heterocycles. The number of carbonyl (C=O) groups excluding carboxylic acids is 1. The van der Waals surface area contributed by atoms with Crippen molar-refractivity contribution in [3.05, 3.63) is 33.9 Å². The number of nitro benzene ring substituents is 1. The molecule has 0 radical (unpaired) electrons. The maximum absolute atomic E-state index is 11.7. The number of hydrogen-bond acceptors (Lipinski definition) is 5. The lowest BCUT2D eigenvalue weighted by atomic mass is 10.1. The Bertz CT molecular complexity index is 561. The molecule has 1 amide bonds. The molecule has 1 rings (SSSR count). The van der Waals surface area contributed by atoms with Gasteiger partial charge < -0.3 is 5.11 Å². The summed E-state index contributed by atoms with van der Waals surface area (Å²) < 4.78 is 0. The van der Waals surface area contributed by atoms with Crippen molar-refractivity contribution in [2.75, 3.05) is 10.7 Å². The molecule has 0 aliphatic rings. The van der Waals surface area contributed by atoms with E-state index in [-0.39, 0.29) is 17.1 Å². The van der Waals surface area contributed by atoms with Gasteiger partial charge in [-0.1, -0.05) is 6.07 Å². The predicted molar refractivity (Wildman–Crippen MR) is 76.3 cm³/mol. The monoisotopic (exact) mass is 298 g/mol. The summed E-state index contributed by atoms with van der Waals surface area (Å²) in [7, 11) is 0. The van der Waals surface area contributed by atoms with E-state index in [0.717, 1.165) is 11.8 Å². The Hall–Kier alpha value is -2.09. The lowest BCUT2D eigenvalue weighted by molar-refractivity contribution is -0.384. The van der Waals surface area contributed by atoms with E-state index < -0.39 is 22.8 Å². The Morgan fingerprint density at radius 1 is 1.50 bits per heavy atom. The number of nitrogens with zero attached hydrogens (tertiary/aromatic N) is 2. The van der Waals surface area contributed by atoms with Gasteiger partial charge in [0.25, 0.3) is 5.69 Å². The van der Waals surface area contributed by atoms with Crippen molar-refractivity contribution in [3.63, 3.8) is 0 Å². The Morgan fingerprint density at radius 2 is 2.10 bits per heavy atom. The van der Waals surface area contributed by atoms with Gasteiger partial charge in [0.2, 0.25) is 5.91 Å². The number of amides is 1. The van der Waals surface area contributed by atoms with Crippen LogP contribution in [0.5, 0.6) is 0 Å². The number of benzene rings is 1. The number of hydrogen-bond donors (Lipinski definition) is 2. The molecule has 0 aliphatic carbocycles. The molecule has 0 fully saturated rings. The number of aliphatic carboxylic acids is 1. The summed E-state index contributed by atoms with van der Waals surface area (Å²) in [5.74, 6) is -2.02. The highest BCUT2D eigenvalue weighted by atomic mass is 32.1. The highest BCUT2D eigenvalue weighted by molar-refractivity contribution is 7.80. The molecule has 0 bridgehead atoms. The average Bonchev–Trinajstić information content (AvgIpc) is 2.34. The molecule has 0 aliphatic heterocycles. The lowest BCUT2D eigenvalue weighted by Crippen LogP contribution is -2.46. The molecule has 1 aromatic carbocycles. The molecular formula is C12H14N2O5S. The van der Waals surface area contributed by atoms with E-state index in [9.17, 15) is 19.7 Å². The molecular weight excluding hydrogens is 284 g/mol. The standard InChI is InChI=1S/C12H14N2O5S/c1-7-3-4-9(14(18)19)10(5-7)13(8(2)15)11(6-20)12(16)17/h3-5,11,20H,6H2,1-2H3,(H,16,17)/t11-/m1/s1. The van der Waals surface area contributed by atoms with Crippen LogP contribution in [0.1, 0.15) is 12.5 Å². The zero-order valence-corrected chi connectivity index (χ0v) is 11.8. The number of nitro groups is 1. The second-order valence-electron chi connectivity index (χ2n) is 4.17. The maximum atomic E-state index is 11.7. The number of aryl methyl sites for hydroxylation is 1. The van der Waals surface area contributed by atoms with E-state index in [1.165, 1.54) is 18.2 Å². The normalized spacial score (nSPS) is 11.8. The Balaban J connectivity index is 3.49. The third kappa shape index (κ3) is 3.27. The minimum atomic E-state index is -1.27. The third-order valence-electron chi connectivity index (χ3n) is 2.70. The summed E-state index contributed by atoms with van der Waals surface area (Å²) in [6, 6.07) is 2.92. The van der Waals surface area contributed by atoms with Crippen molar-refractivity contribution < 1.29 is 19.6 Å². The fourth-order valence-corrected chi connectivity index (χ4v) is 2.13. The van der Waals surface area contributed by atoms with Gasteiger partial charge in [-0.05, 0) is 18.6 Å². The first-order valence-corrected chi connectivity index (χ1v) is 6.31. The second-order valence-corrected chi connectivity index (χ2v) is 4.54. The van der Waals surface area contributed by atoms with Crippen LogP contribution >= 0.6 is 12.6 Å². The predicted octanol–water partition coefficient (Wildman–Crippen LogP) is 1.64. The number of thiol groups is 1. The minimum Gasteiger partial charge on any atom is -0.480 e. The third-order valence-corrected chi connectivity index (χ3v) is 3.04. The van der Waals surface area contributed by atoms with Crippen LogP contribution < -0.4 is 4.90 Å². The van der Waals surface area contributed by atoms with Gasteiger partial charge in [-0.3, -0.25) is 19.8 Å². The SMILES string of the molecule is CC(=O)N(c1cc(C)ccc1[N+](=O)[O-])[C@H](CS)C(=O)O. The van der Waals surface area contributed by atoms with Gasteiger partial charge in [-0.15, -0.1) is 0 Å². The summed E-state index contributed by atoms with van der Waals surface area (Å²) in [5, 5.41) is 20.2. The zero-order valence-electron chi connectivity index (χ0n) is 10.9. The molecule has 20 heavy (non-hydrogen) atoms. The summed E-state index contributed by atoms with van der Waals surface area (Å²) in [6.07, 6.45) is 0. The molecule has 8 heteroatoms. The molecule has 1 atom stereocenters.